The Morgan fingerprint density at radius 3 is 2.61 bits per heavy atom. The highest BCUT2D eigenvalue weighted by atomic mass is 19.4. The lowest BCUT2D eigenvalue weighted by Crippen LogP contribution is -2.39. The molecule has 10 nitrogen and oxygen atoms in total. The summed E-state index contributed by atoms with van der Waals surface area (Å²) >= 11 is 0. The molecular weight excluding hydrogens is 605 g/mol. The van der Waals surface area contributed by atoms with Gasteiger partial charge in [-0.05, 0) is 87.1 Å². The number of alkyl carbamates (subject to hydrolysis) is 1. The molecule has 0 fully saturated rings. The molecule has 1 aromatic heterocycles. The molecule has 244 valence electrons. The first-order chi connectivity index (χ1) is 21.7. The number of Topliss-reactive ketones (excluding diaryl/α,β-unsaturated/α-hetero) is 1. The molecule has 0 bridgehead atoms. The van der Waals surface area contributed by atoms with Crippen LogP contribution in [-0.4, -0.2) is 52.7 Å². The van der Waals surface area contributed by atoms with E-state index >= 15 is 0 Å². The van der Waals surface area contributed by atoms with Gasteiger partial charge in [-0.15, -0.1) is 0 Å². The number of aromatic nitrogens is 1. The van der Waals surface area contributed by atoms with Gasteiger partial charge in [0.15, 0.2) is 11.5 Å². The predicted octanol–water partition coefficient (Wildman–Crippen LogP) is 5.28. The number of carbonyl (C=O) groups is 3. The topological polar surface area (TPSA) is 139 Å². The number of nitrogens with zero attached hydrogens (tertiary/aromatic N) is 1. The number of alkyl halides is 3. The number of hydrogen-bond donors (Lipinski definition) is 4. The van der Waals surface area contributed by atoms with Crippen molar-refractivity contribution in [2.75, 3.05) is 18.5 Å². The number of nitrogens with one attached hydrogen (secondary N) is 3. The average molecular weight is 641 g/mol. The molecule has 0 saturated carbocycles. The number of anilines is 1. The fourth-order valence-corrected chi connectivity index (χ4v) is 5.48. The van der Waals surface area contributed by atoms with Crippen LogP contribution >= 0.6 is 0 Å². The lowest BCUT2D eigenvalue weighted by Gasteiger charge is -2.27. The van der Waals surface area contributed by atoms with Gasteiger partial charge in [0.05, 0.1) is 36.9 Å². The molecule has 4 N–H and O–H groups in total. The van der Waals surface area contributed by atoms with Crippen LogP contribution in [0, 0.1) is 0 Å². The minimum Gasteiger partial charge on any atom is -0.455 e. The quantitative estimate of drug-likeness (QED) is 0.274. The molecule has 2 amide bonds. The zero-order valence-electron chi connectivity index (χ0n) is 25.6. The second-order valence-electron chi connectivity index (χ2n) is 12.4. The molecule has 0 radical (unpaired) electrons. The van der Waals surface area contributed by atoms with Gasteiger partial charge in [0.25, 0.3) is 5.91 Å². The summed E-state index contributed by atoms with van der Waals surface area (Å²) in [5.74, 6) is 0.394. The first kappa shape index (κ1) is 32.7. The number of halogens is 3. The zero-order chi connectivity index (χ0) is 33.2. The monoisotopic (exact) mass is 640 g/mol. The van der Waals surface area contributed by atoms with Crippen molar-refractivity contribution in [3.05, 3.63) is 82.2 Å². The van der Waals surface area contributed by atoms with Gasteiger partial charge >= 0.3 is 12.3 Å². The molecule has 13 heteroatoms. The number of carbonyl (C=O) groups excluding carboxylic acids is 3. The maximum Gasteiger partial charge on any atom is 0.416 e. The molecule has 3 aromatic rings. The van der Waals surface area contributed by atoms with Crippen LogP contribution in [0.25, 0.3) is 0 Å². The highest BCUT2D eigenvalue weighted by Crippen LogP contribution is 2.36. The van der Waals surface area contributed by atoms with E-state index in [1.165, 1.54) is 6.07 Å². The molecule has 0 spiro atoms. The highest BCUT2D eigenvalue weighted by molar-refractivity contribution is 5.95. The number of aliphatic hydroxyl groups excluding tert-OH is 1. The number of pyridine rings is 1. The molecular formula is C33H35F3N4O6. The van der Waals surface area contributed by atoms with Gasteiger partial charge in [-0.1, -0.05) is 6.07 Å². The Kier molecular flexibility index (Phi) is 9.24. The summed E-state index contributed by atoms with van der Waals surface area (Å²) in [5.41, 5.74) is 0.948. The minimum absolute atomic E-state index is 0.0334. The SMILES string of the molecule is CC(C)(C)OC(=O)N[C@H](CO)c1cc(C(=O)NC2CCc3ccc(Oc4ccnc5c4NCC(=O)C5)cc3C2)cc(C(F)(F)F)c1. The van der Waals surface area contributed by atoms with E-state index in [9.17, 15) is 32.7 Å². The Labute approximate surface area is 263 Å². The lowest BCUT2D eigenvalue weighted by molar-refractivity contribution is -0.137. The lowest BCUT2D eigenvalue weighted by atomic mass is 9.88. The summed E-state index contributed by atoms with van der Waals surface area (Å²) in [7, 11) is 0. The van der Waals surface area contributed by atoms with Crippen LogP contribution in [0.4, 0.5) is 23.7 Å². The smallest absolute Gasteiger partial charge is 0.416 e. The van der Waals surface area contributed by atoms with Crippen molar-refractivity contribution in [1.82, 2.24) is 15.6 Å². The fraction of sp³-hybridized carbons (Fsp3) is 0.394. The van der Waals surface area contributed by atoms with Crippen LogP contribution in [0.3, 0.4) is 0 Å². The second kappa shape index (κ2) is 13.0. The average Bonchev–Trinajstić information content (AvgIpc) is 2.98. The van der Waals surface area contributed by atoms with Crippen LogP contribution in [0.1, 0.15) is 71.5 Å². The third-order valence-corrected chi connectivity index (χ3v) is 7.61. The molecule has 2 aromatic carbocycles. The van der Waals surface area contributed by atoms with Crippen molar-refractivity contribution in [3.8, 4) is 11.5 Å². The Balaban J connectivity index is 1.32. The van der Waals surface area contributed by atoms with Crippen LogP contribution in [-0.2, 0) is 35.0 Å². The second-order valence-corrected chi connectivity index (χ2v) is 12.4. The number of aryl methyl sites for hydroxylation is 1. The Morgan fingerprint density at radius 2 is 1.89 bits per heavy atom. The number of hydrogen-bond acceptors (Lipinski definition) is 8. The van der Waals surface area contributed by atoms with Gasteiger partial charge < -0.3 is 30.5 Å². The first-order valence-electron chi connectivity index (χ1n) is 14.8. The van der Waals surface area contributed by atoms with Gasteiger partial charge in [-0.25, -0.2) is 4.79 Å². The summed E-state index contributed by atoms with van der Waals surface area (Å²) in [6, 6.07) is 8.51. The van der Waals surface area contributed by atoms with Crippen molar-refractivity contribution in [2.45, 2.75) is 70.3 Å². The van der Waals surface area contributed by atoms with Crippen molar-refractivity contribution in [2.24, 2.45) is 0 Å². The molecule has 2 aliphatic rings. The normalized spacial score (nSPS) is 16.8. The van der Waals surface area contributed by atoms with E-state index in [-0.39, 0.29) is 35.9 Å². The van der Waals surface area contributed by atoms with Gasteiger partial charge in [0, 0.05) is 23.9 Å². The number of amides is 2. The maximum atomic E-state index is 13.9. The van der Waals surface area contributed by atoms with Crippen LogP contribution in [0.5, 0.6) is 11.5 Å². The highest BCUT2D eigenvalue weighted by Gasteiger charge is 2.33. The van der Waals surface area contributed by atoms with E-state index in [2.05, 4.69) is 20.9 Å². The molecule has 5 rings (SSSR count). The van der Waals surface area contributed by atoms with Crippen molar-refractivity contribution < 1.29 is 42.1 Å². The standard InChI is InChI=1S/C33H35F3N4O6/c1-32(2,3)46-31(44)40-27(17-41)20-10-21(12-22(11-20)33(34,35)36)30(43)39-23-6-4-18-5-7-25(14-19(18)13-23)45-28-8-9-37-26-15-24(42)16-38-29(26)28/h5,7-12,14,23,27,38,41H,4,6,13,15-17H2,1-3H3,(H,39,43)(H,40,44)/t23?,27-/m1/s1. The molecule has 46 heavy (non-hydrogen) atoms. The number of benzene rings is 2. The largest absolute Gasteiger partial charge is 0.455 e. The Hall–Kier alpha value is -4.65. The number of aliphatic hydroxyl groups is 1. The summed E-state index contributed by atoms with van der Waals surface area (Å²) in [6.07, 6.45) is -2.28. The van der Waals surface area contributed by atoms with Crippen LogP contribution < -0.4 is 20.7 Å². The van der Waals surface area contributed by atoms with Crippen molar-refractivity contribution in [1.29, 1.82) is 0 Å². The van der Waals surface area contributed by atoms with E-state index < -0.39 is 42.0 Å². The van der Waals surface area contributed by atoms with Gasteiger partial charge in [0.1, 0.15) is 17.0 Å². The van der Waals surface area contributed by atoms with Crippen LogP contribution in [0.2, 0.25) is 0 Å². The minimum atomic E-state index is -4.78. The third kappa shape index (κ3) is 7.94. The summed E-state index contributed by atoms with van der Waals surface area (Å²) < 4.78 is 52.9. The molecule has 1 unspecified atom stereocenters. The first-order valence-corrected chi connectivity index (χ1v) is 14.8. The maximum absolute atomic E-state index is 13.9. The fourth-order valence-electron chi connectivity index (χ4n) is 5.48. The molecule has 2 heterocycles. The number of ketones is 1. The van der Waals surface area contributed by atoms with Gasteiger partial charge in [0.2, 0.25) is 0 Å². The summed E-state index contributed by atoms with van der Waals surface area (Å²) in [5, 5.41) is 18.2. The van der Waals surface area contributed by atoms with Gasteiger partial charge in [-0.2, -0.15) is 13.2 Å². The zero-order valence-corrected chi connectivity index (χ0v) is 25.6. The molecule has 1 aliphatic heterocycles. The molecule has 2 atom stereocenters. The Bertz CT molecular complexity index is 1650. The van der Waals surface area contributed by atoms with E-state index in [0.717, 1.165) is 23.3 Å². The molecule has 0 saturated heterocycles. The third-order valence-electron chi connectivity index (χ3n) is 7.61. The van der Waals surface area contributed by atoms with Crippen molar-refractivity contribution in [3.63, 3.8) is 0 Å². The van der Waals surface area contributed by atoms with E-state index in [1.807, 2.05) is 18.2 Å². The molecule has 1 aliphatic carbocycles. The van der Waals surface area contributed by atoms with E-state index in [1.54, 1.807) is 33.0 Å². The summed E-state index contributed by atoms with van der Waals surface area (Å²) in [6.45, 7) is 4.34. The number of rotatable bonds is 7. The summed E-state index contributed by atoms with van der Waals surface area (Å²) in [4.78, 5) is 41.7. The number of ether oxygens (including phenoxy) is 2. The number of fused-ring (bicyclic) bond motifs is 2. The van der Waals surface area contributed by atoms with E-state index in [4.69, 9.17) is 9.47 Å². The van der Waals surface area contributed by atoms with E-state index in [0.29, 0.717) is 42.1 Å². The van der Waals surface area contributed by atoms with Crippen LogP contribution in [0.15, 0.2) is 48.7 Å². The predicted molar refractivity (Wildman–Crippen MR) is 162 cm³/mol. The Morgan fingerprint density at radius 1 is 1.11 bits per heavy atom. The van der Waals surface area contributed by atoms with Gasteiger partial charge in [-0.3, -0.25) is 14.6 Å². The van der Waals surface area contributed by atoms with Crippen molar-refractivity contribution >= 4 is 23.5 Å².